The number of halogens is 1. The van der Waals surface area contributed by atoms with Crippen molar-refractivity contribution in [2.24, 2.45) is 10.6 Å². The lowest BCUT2D eigenvalue weighted by atomic mass is 9.91. The van der Waals surface area contributed by atoms with Crippen LogP contribution in [0.15, 0.2) is 23.4 Å². The van der Waals surface area contributed by atoms with Crippen molar-refractivity contribution in [3.63, 3.8) is 0 Å². The fourth-order valence-electron chi connectivity index (χ4n) is 2.37. The van der Waals surface area contributed by atoms with Gasteiger partial charge >= 0.3 is 0 Å². The highest BCUT2D eigenvalue weighted by Crippen LogP contribution is 2.24. The molecule has 0 N–H and O–H groups in total. The smallest absolute Gasteiger partial charge is 0.146 e. The van der Waals surface area contributed by atoms with E-state index in [0.29, 0.717) is 12.3 Å². The standard InChI is InChI=1S/C18H27FN2O/c1-14(18(2,3)4)20-22-13-15-8-9-17(16(19)12-15)21-10-6-5-7-11-21/h8-9,12H,5-7,10-11,13H2,1-4H3/b20-14+. The van der Waals surface area contributed by atoms with E-state index >= 15 is 0 Å². The Kier molecular flexibility index (Phi) is 5.43. The van der Waals surface area contributed by atoms with Gasteiger partial charge < -0.3 is 9.74 Å². The van der Waals surface area contributed by atoms with Crippen molar-refractivity contribution >= 4 is 11.4 Å². The van der Waals surface area contributed by atoms with E-state index < -0.39 is 0 Å². The minimum Gasteiger partial charge on any atom is -0.391 e. The summed E-state index contributed by atoms with van der Waals surface area (Å²) in [5, 5.41) is 4.12. The number of hydrogen-bond acceptors (Lipinski definition) is 3. The molecule has 0 unspecified atom stereocenters. The van der Waals surface area contributed by atoms with Gasteiger partial charge in [-0.3, -0.25) is 0 Å². The molecule has 0 amide bonds. The van der Waals surface area contributed by atoms with Gasteiger partial charge in [-0.05, 0) is 43.9 Å². The van der Waals surface area contributed by atoms with E-state index in [2.05, 4.69) is 30.8 Å². The van der Waals surface area contributed by atoms with Gasteiger partial charge in [-0.25, -0.2) is 4.39 Å². The zero-order valence-corrected chi connectivity index (χ0v) is 14.2. The van der Waals surface area contributed by atoms with Crippen molar-refractivity contribution < 1.29 is 9.23 Å². The van der Waals surface area contributed by atoms with Crippen molar-refractivity contribution in [3.8, 4) is 0 Å². The van der Waals surface area contributed by atoms with Gasteiger partial charge in [-0.15, -0.1) is 0 Å². The Balaban J connectivity index is 1.97. The Bertz CT molecular complexity index is 528. The molecule has 1 aromatic carbocycles. The van der Waals surface area contributed by atoms with Gasteiger partial charge in [0.2, 0.25) is 0 Å². The van der Waals surface area contributed by atoms with Gasteiger partial charge in [-0.2, -0.15) is 0 Å². The summed E-state index contributed by atoms with van der Waals surface area (Å²) in [5.41, 5.74) is 2.43. The van der Waals surface area contributed by atoms with Crippen LogP contribution >= 0.6 is 0 Å². The van der Waals surface area contributed by atoms with Crippen LogP contribution in [-0.2, 0) is 11.4 Å². The summed E-state index contributed by atoms with van der Waals surface area (Å²) < 4.78 is 14.3. The molecule has 0 aromatic heterocycles. The zero-order chi connectivity index (χ0) is 16.2. The molecule has 0 radical (unpaired) electrons. The predicted octanol–water partition coefficient (Wildman–Crippen LogP) is 4.75. The fraction of sp³-hybridized carbons (Fsp3) is 0.611. The number of piperidine rings is 1. The van der Waals surface area contributed by atoms with E-state index in [9.17, 15) is 4.39 Å². The number of anilines is 1. The molecule has 0 spiro atoms. The average Bonchev–Trinajstić information content (AvgIpc) is 2.47. The second-order valence-corrected chi connectivity index (χ2v) is 7.03. The SMILES string of the molecule is C/C(=N\OCc1ccc(N2CCCCC2)c(F)c1)C(C)(C)C. The summed E-state index contributed by atoms with van der Waals surface area (Å²) in [6, 6.07) is 5.35. The van der Waals surface area contributed by atoms with Crippen LogP contribution < -0.4 is 4.90 Å². The second-order valence-electron chi connectivity index (χ2n) is 7.03. The molecule has 3 nitrogen and oxygen atoms in total. The highest BCUT2D eigenvalue weighted by Gasteiger charge is 2.16. The van der Waals surface area contributed by atoms with Gasteiger partial charge in [-0.1, -0.05) is 32.0 Å². The first-order chi connectivity index (χ1) is 10.4. The minimum atomic E-state index is -0.167. The van der Waals surface area contributed by atoms with Crippen LogP contribution in [0.1, 0.15) is 52.5 Å². The van der Waals surface area contributed by atoms with Gasteiger partial charge in [0.15, 0.2) is 0 Å². The largest absolute Gasteiger partial charge is 0.391 e. The summed E-state index contributed by atoms with van der Waals surface area (Å²) in [5.74, 6) is -0.167. The summed E-state index contributed by atoms with van der Waals surface area (Å²) >= 11 is 0. The van der Waals surface area contributed by atoms with Crippen LogP contribution in [0.5, 0.6) is 0 Å². The molecule has 2 rings (SSSR count). The minimum absolute atomic E-state index is 0.0105. The Hall–Kier alpha value is -1.58. The van der Waals surface area contributed by atoms with Crippen LogP contribution in [0.3, 0.4) is 0 Å². The van der Waals surface area contributed by atoms with E-state index in [-0.39, 0.29) is 11.2 Å². The second kappa shape index (κ2) is 7.12. The van der Waals surface area contributed by atoms with Crippen molar-refractivity contribution in [2.45, 2.75) is 53.6 Å². The summed E-state index contributed by atoms with van der Waals surface area (Å²) in [4.78, 5) is 7.49. The number of hydrogen-bond donors (Lipinski definition) is 0. The highest BCUT2D eigenvalue weighted by atomic mass is 19.1. The van der Waals surface area contributed by atoms with Crippen molar-refractivity contribution in [3.05, 3.63) is 29.6 Å². The first-order valence-electron chi connectivity index (χ1n) is 8.08. The van der Waals surface area contributed by atoms with Crippen LogP contribution in [0, 0.1) is 11.2 Å². The Morgan fingerprint density at radius 2 is 1.91 bits per heavy atom. The van der Waals surface area contributed by atoms with Crippen molar-refractivity contribution in [1.82, 2.24) is 0 Å². The van der Waals surface area contributed by atoms with E-state index in [1.807, 2.05) is 19.1 Å². The molecule has 1 saturated heterocycles. The quantitative estimate of drug-likeness (QED) is 0.592. The van der Waals surface area contributed by atoms with E-state index in [4.69, 9.17) is 4.84 Å². The number of rotatable bonds is 4. The number of benzene rings is 1. The average molecular weight is 306 g/mol. The van der Waals surface area contributed by atoms with Gasteiger partial charge in [0, 0.05) is 18.5 Å². The molecule has 1 aromatic rings. The summed E-state index contributed by atoms with van der Waals surface area (Å²) in [6.45, 7) is 10.4. The number of nitrogens with zero attached hydrogens (tertiary/aromatic N) is 2. The molecule has 4 heteroatoms. The van der Waals surface area contributed by atoms with Crippen LogP contribution in [0.4, 0.5) is 10.1 Å². The Morgan fingerprint density at radius 3 is 2.50 bits per heavy atom. The molecular weight excluding hydrogens is 279 g/mol. The zero-order valence-electron chi connectivity index (χ0n) is 14.2. The Labute approximate surface area is 133 Å². The third kappa shape index (κ3) is 4.46. The van der Waals surface area contributed by atoms with Gasteiger partial charge in [0.25, 0.3) is 0 Å². The third-order valence-corrected chi connectivity index (χ3v) is 4.23. The molecule has 1 aliphatic rings. The first kappa shape index (κ1) is 16.8. The lowest BCUT2D eigenvalue weighted by Gasteiger charge is -2.29. The molecule has 1 heterocycles. The van der Waals surface area contributed by atoms with Crippen LogP contribution in [-0.4, -0.2) is 18.8 Å². The fourth-order valence-corrected chi connectivity index (χ4v) is 2.37. The maximum Gasteiger partial charge on any atom is 0.146 e. The first-order valence-corrected chi connectivity index (χ1v) is 8.08. The lowest BCUT2D eigenvalue weighted by Crippen LogP contribution is -2.30. The molecule has 22 heavy (non-hydrogen) atoms. The topological polar surface area (TPSA) is 24.8 Å². The maximum atomic E-state index is 14.3. The monoisotopic (exact) mass is 306 g/mol. The highest BCUT2D eigenvalue weighted by molar-refractivity contribution is 5.86. The molecule has 0 bridgehead atoms. The van der Waals surface area contributed by atoms with Crippen LogP contribution in [0.2, 0.25) is 0 Å². The predicted molar refractivity (Wildman–Crippen MR) is 89.8 cm³/mol. The molecule has 1 aliphatic heterocycles. The molecule has 122 valence electrons. The summed E-state index contributed by atoms with van der Waals surface area (Å²) in [7, 11) is 0. The van der Waals surface area contributed by atoms with Crippen molar-refractivity contribution in [2.75, 3.05) is 18.0 Å². The third-order valence-electron chi connectivity index (χ3n) is 4.23. The van der Waals surface area contributed by atoms with E-state index in [1.165, 1.54) is 6.42 Å². The van der Waals surface area contributed by atoms with Gasteiger partial charge in [0.05, 0.1) is 11.4 Å². The molecule has 0 saturated carbocycles. The molecule has 1 fully saturated rings. The maximum absolute atomic E-state index is 14.3. The van der Waals surface area contributed by atoms with Gasteiger partial charge in [0.1, 0.15) is 12.4 Å². The van der Waals surface area contributed by atoms with E-state index in [1.54, 1.807) is 6.07 Å². The molecule has 0 atom stereocenters. The normalized spacial score (nSPS) is 16.8. The van der Waals surface area contributed by atoms with E-state index in [0.717, 1.165) is 37.2 Å². The van der Waals surface area contributed by atoms with Crippen LogP contribution in [0.25, 0.3) is 0 Å². The summed E-state index contributed by atoms with van der Waals surface area (Å²) in [6.07, 6.45) is 3.53. The lowest BCUT2D eigenvalue weighted by molar-refractivity contribution is 0.127. The molecular formula is C18H27FN2O. The Morgan fingerprint density at radius 1 is 1.23 bits per heavy atom. The molecule has 0 aliphatic carbocycles. The number of oxime groups is 1. The van der Waals surface area contributed by atoms with Crippen molar-refractivity contribution in [1.29, 1.82) is 0 Å².